The number of pyridine rings is 1. The molecule has 2 N–H and O–H groups in total. The van der Waals surface area contributed by atoms with Crippen LogP contribution >= 0.6 is 0 Å². The molecular weight excluding hydrogens is 409 g/mol. The van der Waals surface area contributed by atoms with E-state index < -0.39 is 17.4 Å². The van der Waals surface area contributed by atoms with E-state index in [1.807, 2.05) is 41.6 Å². The van der Waals surface area contributed by atoms with Crippen LogP contribution in [0.3, 0.4) is 0 Å². The summed E-state index contributed by atoms with van der Waals surface area (Å²) < 4.78 is 18.9. The van der Waals surface area contributed by atoms with Crippen LogP contribution in [0.1, 0.15) is 44.0 Å². The lowest BCUT2D eigenvalue weighted by Gasteiger charge is -2.45. The van der Waals surface area contributed by atoms with Gasteiger partial charge in [-0.15, -0.1) is 0 Å². The van der Waals surface area contributed by atoms with Gasteiger partial charge in [0.05, 0.1) is 18.3 Å². The van der Waals surface area contributed by atoms with Gasteiger partial charge in [0.25, 0.3) is 0 Å². The van der Waals surface area contributed by atoms with E-state index in [2.05, 4.69) is 23.8 Å². The van der Waals surface area contributed by atoms with Crippen LogP contribution in [0.15, 0.2) is 59.7 Å². The third kappa shape index (κ3) is 3.64. The van der Waals surface area contributed by atoms with Gasteiger partial charge in [0.15, 0.2) is 0 Å². The molecule has 2 aromatic rings. The quantitative estimate of drug-likeness (QED) is 0.716. The maximum Gasteiger partial charge on any atom is 0.229 e. The maximum absolute atomic E-state index is 13.6. The zero-order chi connectivity index (χ0) is 22.9. The predicted molar refractivity (Wildman–Crippen MR) is 120 cm³/mol. The second-order valence-electron chi connectivity index (χ2n) is 8.01. The van der Waals surface area contributed by atoms with E-state index in [0.717, 1.165) is 24.1 Å². The molecule has 3 heterocycles. The lowest BCUT2D eigenvalue weighted by molar-refractivity contribution is -0.120. The van der Waals surface area contributed by atoms with Crippen molar-refractivity contribution in [1.82, 2.24) is 15.0 Å². The number of nitrogens with two attached hydrogens (primary N) is 1. The van der Waals surface area contributed by atoms with E-state index in [1.54, 1.807) is 13.2 Å². The fraction of sp³-hybridized carbons (Fsp3) is 0.375. The number of hydrogen-bond donors (Lipinski definition) is 1. The number of halogens is 1. The lowest BCUT2D eigenvalue weighted by atomic mass is 9.83. The molecule has 1 saturated heterocycles. The summed E-state index contributed by atoms with van der Waals surface area (Å²) in [6.07, 6.45) is 5.40. The summed E-state index contributed by atoms with van der Waals surface area (Å²) in [4.78, 5) is 21.8. The molecule has 7 nitrogen and oxygen atoms in total. The first-order chi connectivity index (χ1) is 15.4. The molecule has 1 aromatic heterocycles. The van der Waals surface area contributed by atoms with Crippen LogP contribution in [0.25, 0.3) is 0 Å². The molecule has 8 heteroatoms. The van der Waals surface area contributed by atoms with E-state index in [4.69, 9.17) is 15.5 Å². The van der Waals surface area contributed by atoms with Crippen molar-refractivity contribution < 1.29 is 13.9 Å². The first-order valence-corrected chi connectivity index (χ1v) is 10.8. The minimum absolute atomic E-state index is 0.278. The second kappa shape index (κ2) is 8.70. The number of nitrogens with zero attached hydrogens (tertiary/aromatic N) is 4. The highest BCUT2D eigenvalue weighted by atomic mass is 19.1. The molecule has 1 fully saturated rings. The number of methoxy groups -OCH3 is 1. The molecule has 2 aliphatic heterocycles. The van der Waals surface area contributed by atoms with E-state index >= 15 is 0 Å². The summed E-state index contributed by atoms with van der Waals surface area (Å²) in [5, 5.41) is 4.07. The third-order valence-electron chi connectivity index (χ3n) is 6.49. The molecule has 2 aliphatic rings. The molecule has 0 spiro atoms. The van der Waals surface area contributed by atoms with Crippen LogP contribution in [-0.2, 0) is 10.3 Å². The molecule has 1 aromatic carbocycles. The average Bonchev–Trinajstić information content (AvgIpc) is 3.21. The largest absolute Gasteiger partial charge is 0.481 e. The zero-order valence-corrected chi connectivity index (χ0v) is 18.5. The van der Waals surface area contributed by atoms with Crippen molar-refractivity contribution in [1.29, 1.82) is 0 Å². The molecule has 0 radical (unpaired) electrons. The van der Waals surface area contributed by atoms with Crippen molar-refractivity contribution in [3.05, 3.63) is 71.8 Å². The minimum atomic E-state index is -0.564. The Morgan fingerprint density at radius 3 is 2.56 bits per heavy atom. The van der Waals surface area contributed by atoms with Crippen molar-refractivity contribution in [3.63, 3.8) is 0 Å². The number of rotatable bonds is 7. The highest BCUT2D eigenvalue weighted by Crippen LogP contribution is 2.42. The molecule has 1 amide bonds. The fourth-order valence-corrected chi connectivity index (χ4v) is 4.68. The standard InChI is InChI=1S/C24H28FN5O2/c1-4-24(5-2,16-9-11-17(25)12-10-16)30-15-18(22(26)31)23-28-20(13-14-29(23)30)19-7-6-8-21(27-19)32-3/h6-14,18,20H,4-5,15H2,1-3H3,(H2,26,31). The number of hydrazine groups is 1. The summed E-state index contributed by atoms with van der Waals surface area (Å²) in [6.45, 7) is 4.59. The summed E-state index contributed by atoms with van der Waals surface area (Å²) >= 11 is 0. The van der Waals surface area contributed by atoms with Crippen molar-refractivity contribution in [3.8, 4) is 5.88 Å². The SMILES string of the molecule is CCC(CC)(c1ccc(F)cc1)N1CC(C(N)=O)C2=NC(c3cccc(OC)n3)C=CN21. The van der Waals surface area contributed by atoms with Gasteiger partial charge in [-0.3, -0.25) is 14.8 Å². The Balaban J connectivity index is 1.75. The number of carbonyl (C=O) groups is 1. The Kier molecular flexibility index (Phi) is 5.97. The van der Waals surface area contributed by atoms with Gasteiger partial charge in [0.2, 0.25) is 11.8 Å². The maximum atomic E-state index is 13.6. The van der Waals surface area contributed by atoms with Crippen LogP contribution in [-0.4, -0.2) is 40.4 Å². The number of carbonyl (C=O) groups excluding carboxylic acids is 1. The Labute approximate surface area is 187 Å². The number of hydrogen-bond acceptors (Lipinski definition) is 6. The molecule has 32 heavy (non-hydrogen) atoms. The Bertz CT molecular complexity index is 1050. The van der Waals surface area contributed by atoms with Crippen LogP contribution < -0.4 is 10.5 Å². The van der Waals surface area contributed by atoms with Crippen molar-refractivity contribution >= 4 is 11.7 Å². The average molecular weight is 438 g/mol. The van der Waals surface area contributed by atoms with E-state index in [1.165, 1.54) is 12.1 Å². The molecule has 4 rings (SSSR count). The monoisotopic (exact) mass is 437 g/mol. The molecule has 0 aliphatic carbocycles. The number of ether oxygens (including phenoxy) is 1. The zero-order valence-electron chi connectivity index (χ0n) is 18.5. The third-order valence-corrected chi connectivity index (χ3v) is 6.49. The Morgan fingerprint density at radius 2 is 1.94 bits per heavy atom. The minimum Gasteiger partial charge on any atom is -0.481 e. The van der Waals surface area contributed by atoms with Crippen LogP contribution in [0.5, 0.6) is 5.88 Å². The summed E-state index contributed by atoms with van der Waals surface area (Å²) in [7, 11) is 1.57. The van der Waals surface area contributed by atoms with Crippen LogP contribution in [0, 0.1) is 11.7 Å². The summed E-state index contributed by atoms with van der Waals surface area (Å²) in [6, 6.07) is 11.7. The first-order valence-electron chi connectivity index (χ1n) is 10.8. The fourth-order valence-electron chi connectivity index (χ4n) is 4.68. The number of fused-ring (bicyclic) bond motifs is 1. The number of amidine groups is 1. The second-order valence-corrected chi connectivity index (χ2v) is 8.01. The van der Waals surface area contributed by atoms with Gasteiger partial charge in [0, 0.05) is 18.8 Å². The van der Waals surface area contributed by atoms with Gasteiger partial charge in [-0.05, 0) is 42.7 Å². The molecule has 2 unspecified atom stereocenters. The van der Waals surface area contributed by atoms with E-state index in [0.29, 0.717) is 18.3 Å². The summed E-state index contributed by atoms with van der Waals surface area (Å²) in [5.74, 6) is -0.163. The van der Waals surface area contributed by atoms with Gasteiger partial charge in [-0.1, -0.05) is 32.0 Å². The van der Waals surface area contributed by atoms with Gasteiger partial charge in [0.1, 0.15) is 23.6 Å². The predicted octanol–water partition coefficient (Wildman–Crippen LogP) is 3.55. The molecule has 0 saturated carbocycles. The normalized spacial score (nSPS) is 20.8. The number of benzene rings is 1. The van der Waals surface area contributed by atoms with Gasteiger partial charge in [-0.25, -0.2) is 14.4 Å². The van der Waals surface area contributed by atoms with Crippen LogP contribution in [0.2, 0.25) is 0 Å². The summed E-state index contributed by atoms with van der Waals surface area (Å²) in [5.41, 5.74) is 7.07. The van der Waals surface area contributed by atoms with Crippen molar-refractivity contribution in [2.24, 2.45) is 16.6 Å². The van der Waals surface area contributed by atoms with Gasteiger partial charge < -0.3 is 10.5 Å². The molecule has 0 bridgehead atoms. The number of aliphatic imine (C=N–C) groups is 1. The van der Waals surface area contributed by atoms with Gasteiger partial charge >= 0.3 is 0 Å². The smallest absolute Gasteiger partial charge is 0.229 e. The number of primary amides is 1. The Hall–Kier alpha value is -3.26. The first kappa shape index (κ1) is 22.0. The topological polar surface area (TPSA) is 84.0 Å². The number of aromatic nitrogens is 1. The lowest BCUT2D eigenvalue weighted by Crippen LogP contribution is -2.51. The van der Waals surface area contributed by atoms with E-state index in [9.17, 15) is 9.18 Å². The van der Waals surface area contributed by atoms with Crippen molar-refractivity contribution in [2.75, 3.05) is 13.7 Å². The highest BCUT2D eigenvalue weighted by Gasteiger charge is 2.49. The molecule has 168 valence electrons. The van der Waals surface area contributed by atoms with Gasteiger partial charge in [-0.2, -0.15) is 0 Å². The van der Waals surface area contributed by atoms with Crippen LogP contribution in [0.4, 0.5) is 4.39 Å². The number of amides is 1. The molecular formula is C24H28FN5O2. The highest BCUT2D eigenvalue weighted by molar-refractivity contribution is 6.04. The molecule has 2 atom stereocenters. The Morgan fingerprint density at radius 1 is 1.22 bits per heavy atom. The van der Waals surface area contributed by atoms with E-state index in [-0.39, 0.29) is 11.9 Å². The van der Waals surface area contributed by atoms with Crippen molar-refractivity contribution in [2.45, 2.75) is 38.3 Å².